The monoisotopic (exact) mass is 421 g/mol. The summed E-state index contributed by atoms with van der Waals surface area (Å²) in [5.74, 6) is 1.47. The molecule has 0 saturated carbocycles. The van der Waals surface area contributed by atoms with Crippen molar-refractivity contribution in [3.8, 4) is 11.5 Å². The first-order valence-corrected chi connectivity index (χ1v) is 8.56. The van der Waals surface area contributed by atoms with E-state index < -0.39 is 0 Å². The van der Waals surface area contributed by atoms with Gasteiger partial charge in [0.05, 0.1) is 11.6 Å². The van der Waals surface area contributed by atoms with Crippen LogP contribution in [0.4, 0.5) is 10.3 Å². The largest absolute Gasteiger partial charge is 0.493 e. The molecule has 1 aromatic heterocycles. The lowest BCUT2D eigenvalue weighted by Crippen LogP contribution is -2.06. The first-order valence-electron chi connectivity index (χ1n) is 7.76. The van der Waals surface area contributed by atoms with Gasteiger partial charge in [-0.15, -0.1) is 0 Å². The van der Waals surface area contributed by atoms with E-state index in [1.54, 1.807) is 31.0 Å². The molecule has 0 fully saturated rings. The Morgan fingerprint density at radius 2 is 1.96 bits per heavy atom. The molecule has 0 aliphatic rings. The number of nitrogens with zero attached hydrogens (tertiary/aromatic N) is 4. The van der Waals surface area contributed by atoms with Crippen LogP contribution in [0, 0.1) is 5.82 Å². The summed E-state index contributed by atoms with van der Waals surface area (Å²) in [6.45, 7) is 0.818. The summed E-state index contributed by atoms with van der Waals surface area (Å²) in [5.41, 5.74) is 1.83. The van der Waals surface area contributed by atoms with Crippen LogP contribution >= 0.6 is 15.9 Å². The summed E-state index contributed by atoms with van der Waals surface area (Å²) in [5, 5.41) is 14.4. The Labute approximate surface area is 158 Å². The van der Waals surface area contributed by atoms with Gasteiger partial charge in [0.1, 0.15) is 12.4 Å². The van der Waals surface area contributed by atoms with Gasteiger partial charge in [0.2, 0.25) is 5.95 Å². The molecule has 0 saturated heterocycles. The normalized spacial score (nSPS) is 10.6. The third-order valence-electron chi connectivity index (χ3n) is 3.66. The highest BCUT2D eigenvalue weighted by Crippen LogP contribution is 2.37. The van der Waals surface area contributed by atoms with E-state index in [-0.39, 0.29) is 5.82 Å². The molecular weight excluding hydrogens is 405 g/mol. The van der Waals surface area contributed by atoms with Gasteiger partial charge in [-0.25, -0.2) is 9.07 Å². The fourth-order valence-electron chi connectivity index (χ4n) is 2.31. The minimum absolute atomic E-state index is 0.275. The molecular formula is C17H17BrFN5O2. The lowest BCUT2D eigenvalue weighted by atomic mass is 10.2. The molecule has 0 atom stereocenters. The summed E-state index contributed by atoms with van der Waals surface area (Å²) in [4.78, 5) is 0. The molecule has 3 rings (SSSR count). The van der Waals surface area contributed by atoms with Gasteiger partial charge >= 0.3 is 0 Å². The van der Waals surface area contributed by atoms with Crippen LogP contribution in [0.25, 0.3) is 0 Å². The smallest absolute Gasteiger partial charge is 0.242 e. The molecule has 26 heavy (non-hydrogen) atoms. The second kappa shape index (κ2) is 8.13. The molecule has 0 radical (unpaired) electrons. The highest BCUT2D eigenvalue weighted by Gasteiger charge is 2.13. The average Bonchev–Trinajstić information content (AvgIpc) is 3.05. The second-order valence-electron chi connectivity index (χ2n) is 5.50. The van der Waals surface area contributed by atoms with Crippen LogP contribution in [0.2, 0.25) is 0 Å². The zero-order chi connectivity index (χ0) is 18.5. The fourth-order valence-corrected chi connectivity index (χ4v) is 2.92. The quantitative estimate of drug-likeness (QED) is 0.630. The van der Waals surface area contributed by atoms with Crippen molar-refractivity contribution < 1.29 is 13.9 Å². The van der Waals surface area contributed by atoms with Gasteiger partial charge in [0.15, 0.2) is 11.5 Å². The van der Waals surface area contributed by atoms with E-state index in [0.717, 1.165) is 15.6 Å². The maximum Gasteiger partial charge on any atom is 0.242 e. The second-order valence-corrected chi connectivity index (χ2v) is 6.36. The maximum atomic E-state index is 13.0. The third kappa shape index (κ3) is 4.29. The highest BCUT2D eigenvalue weighted by atomic mass is 79.9. The Balaban J connectivity index is 1.72. The van der Waals surface area contributed by atoms with Gasteiger partial charge in [-0.3, -0.25) is 0 Å². The van der Waals surface area contributed by atoms with E-state index in [2.05, 4.69) is 36.8 Å². The van der Waals surface area contributed by atoms with Crippen molar-refractivity contribution in [2.24, 2.45) is 7.05 Å². The van der Waals surface area contributed by atoms with Crippen molar-refractivity contribution in [3.05, 3.63) is 57.8 Å². The molecule has 0 unspecified atom stereocenters. The lowest BCUT2D eigenvalue weighted by Gasteiger charge is -2.15. The van der Waals surface area contributed by atoms with Crippen molar-refractivity contribution in [2.45, 2.75) is 13.2 Å². The number of halogens is 2. The predicted octanol–water partition coefficient (Wildman–Crippen LogP) is 3.31. The molecule has 0 aliphatic heterocycles. The Bertz CT molecular complexity index is 885. The molecule has 0 bridgehead atoms. The van der Waals surface area contributed by atoms with Crippen LogP contribution < -0.4 is 14.8 Å². The topological polar surface area (TPSA) is 74.1 Å². The number of tetrazole rings is 1. The van der Waals surface area contributed by atoms with Crippen LogP contribution in [-0.2, 0) is 20.2 Å². The Hall–Kier alpha value is -2.68. The van der Waals surface area contributed by atoms with E-state index in [0.29, 0.717) is 30.6 Å². The van der Waals surface area contributed by atoms with E-state index in [9.17, 15) is 4.39 Å². The van der Waals surface area contributed by atoms with Gasteiger partial charge in [0.25, 0.3) is 0 Å². The fraction of sp³-hybridized carbons (Fsp3) is 0.235. The number of anilines is 1. The first kappa shape index (κ1) is 18.1. The number of hydrogen-bond acceptors (Lipinski definition) is 6. The molecule has 1 N–H and O–H groups in total. The molecule has 1 heterocycles. The SMILES string of the molecule is COc1cc(CNc2nnnn2C)cc(Br)c1OCc1ccc(F)cc1. The molecule has 0 aliphatic carbocycles. The summed E-state index contributed by atoms with van der Waals surface area (Å²) in [6, 6.07) is 9.98. The van der Waals surface area contributed by atoms with Gasteiger partial charge in [-0.05, 0) is 61.7 Å². The number of ether oxygens (including phenoxy) is 2. The van der Waals surface area contributed by atoms with Crippen LogP contribution in [0.15, 0.2) is 40.9 Å². The molecule has 0 amide bonds. The predicted molar refractivity (Wildman–Crippen MR) is 97.6 cm³/mol. The van der Waals surface area contributed by atoms with E-state index in [4.69, 9.17) is 9.47 Å². The lowest BCUT2D eigenvalue weighted by molar-refractivity contribution is 0.282. The summed E-state index contributed by atoms with van der Waals surface area (Å²) in [6.07, 6.45) is 0. The molecule has 3 aromatic rings. The molecule has 9 heteroatoms. The zero-order valence-corrected chi connectivity index (χ0v) is 15.8. The van der Waals surface area contributed by atoms with E-state index >= 15 is 0 Å². The van der Waals surface area contributed by atoms with Crippen molar-refractivity contribution in [1.82, 2.24) is 20.2 Å². The van der Waals surface area contributed by atoms with Gasteiger partial charge in [-0.1, -0.05) is 17.2 Å². The van der Waals surface area contributed by atoms with Crippen LogP contribution in [0.3, 0.4) is 0 Å². The summed E-state index contributed by atoms with van der Waals surface area (Å²) < 4.78 is 26.6. The molecule has 2 aromatic carbocycles. The minimum Gasteiger partial charge on any atom is -0.493 e. The minimum atomic E-state index is -0.275. The Morgan fingerprint density at radius 3 is 2.62 bits per heavy atom. The maximum absolute atomic E-state index is 13.0. The standard InChI is InChI=1S/C17H17BrFN5O2/c1-24-17(21-22-23-24)20-9-12-7-14(18)16(15(8-12)25-2)26-10-11-3-5-13(19)6-4-11/h3-8H,9-10H2,1-2H3,(H,20,21,23). The highest BCUT2D eigenvalue weighted by molar-refractivity contribution is 9.10. The third-order valence-corrected chi connectivity index (χ3v) is 4.25. The molecule has 0 spiro atoms. The van der Waals surface area contributed by atoms with Crippen LogP contribution in [0.5, 0.6) is 11.5 Å². The number of aryl methyl sites for hydroxylation is 1. The van der Waals surface area contributed by atoms with E-state index in [1.165, 1.54) is 12.1 Å². The molecule has 7 nitrogen and oxygen atoms in total. The zero-order valence-electron chi connectivity index (χ0n) is 14.2. The number of hydrogen-bond donors (Lipinski definition) is 1. The van der Waals surface area contributed by atoms with Crippen LogP contribution in [0.1, 0.15) is 11.1 Å². The number of benzene rings is 2. The Morgan fingerprint density at radius 1 is 1.19 bits per heavy atom. The number of aromatic nitrogens is 4. The first-order chi connectivity index (χ1) is 12.6. The van der Waals surface area contributed by atoms with Crippen molar-refractivity contribution in [3.63, 3.8) is 0 Å². The number of rotatable bonds is 7. The van der Waals surface area contributed by atoms with Gasteiger partial charge < -0.3 is 14.8 Å². The van der Waals surface area contributed by atoms with Gasteiger partial charge in [-0.2, -0.15) is 0 Å². The summed E-state index contributed by atoms with van der Waals surface area (Å²) >= 11 is 3.52. The Kier molecular flexibility index (Phi) is 5.67. The number of methoxy groups -OCH3 is 1. The van der Waals surface area contributed by atoms with Crippen LogP contribution in [-0.4, -0.2) is 27.3 Å². The average molecular weight is 422 g/mol. The number of nitrogens with one attached hydrogen (secondary N) is 1. The summed E-state index contributed by atoms with van der Waals surface area (Å²) in [7, 11) is 3.33. The van der Waals surface area contributed by atoms with Gasteiger partial charge in [0, 0.05) is 13.6 Å². The van der Waals surface area contributed by atoms with Crippen molar-refractivity contribution >= 4 is 21.9 Å². The van der Waals surface area contributed by atoms with E-state index in [1.807, 2.05) is 12.1 Å². The molecule has 136 valence electrons. The van der Waals surface area contributed by atoms with Crippen molar-refractivity contribution in [1.29, 1.82) is 0 Å². The van der Waals surface area contributed by atoms with Crippen molar-refractivity contribution in [2.75, 3.05) is 12.4 Å².